The van der Waals surface area contributed by atoms with Crippen LogP contribution in [0.15, 0.2) is 162 Å². The molecule has 0 N–H and O–H groups in total. The Morgan fingerprint density at radius 2 is 1.04 bits per heavy atom. The molecule has 0 radical (unpaired) electrons. The first kappa shape index (κ1) is 26.6. The number of hydrogen-bond acceptors (Lipinski definition) is 3. The molecule has 0 aliphatic heterocycles. The molecule has 0 fully saturated rings. The number of anilines is 3. The molecular weight excluding hydrogens is 591 g/mol. The van der Waals surface area contributed by atoms with E-state index in [0.29, 0.717) is 0 Å². The normalized spacial score (nSPS) is 13.4. The third-order valence-electron chi connectivity index (χ3n) is 10.1. The fraction of sp³-hybridized carbons (Fsp3) is 0.0455. The molecule has 0 spiro atoms. The van der Waals surface area contributed by atoms with Crippen molar-refractivity contribution in [2.45, 2.75) is 12.3 Å². The van der Waals surface area contributed by atoms with Crippen LogP contribution in [0.25, 0.3) is 53.2 Å². The Balaban J connectivity index is 1.12. The van der Waals surface area contributed by atoms with Gasteiger partial charge in [-0.3, -0.25) is 0 Å². The van der Waals surface area contributed by atoms with Gasteiger partial charge in [0.2, 0.25) is 0 Å². The van der Waals surface area contributed by atoms with Crippen molar-refractivity contribution in [3.8, 4) is 11.1 Å². The van der Waals surface area contributed by atoms with Crippen molar-refractivity contribution in [2.75, 3.05) is 4.90 Å². The van der Waals surface area contributed by atoms with Gasteiger partial charge in [-0.05, 0) is 83.3 Å². The summed E-state index contributed by atoms with van der Waals surface area (Å²) in [5, 5.41) is 4.87. The van der Waals surface area contributed by atoms with Crippen molar-refractivity contribution >= 4 is 70.5 Å². The molecule has 0 saturated carbocycles. The minimum absolute atomic E-state index is 0.263. The lowest BCUT2D eigenvalue weighted by molar-refractivity contribution is 0.662. The number of benzene rings is 7. The maximum absolute atomic E-state index is 6.72. The van der Waals surface area contributed by atoms with Crippen molar-refractivity contribution in [1.29, 1.82) is 0 Å². The zero-order valence-electron chi connectivity index (χ0n) is 25.8. The highest BCUT2D eigenvalue weighted by molar-refractivity contribution is 7.25. The minimum atomic E-state index is -0.263. The number of thiophene rings is 1. The molecule has 10 rings (SSSR count). The smallest absolute Gasteiger partial charge is 0.137 e. The summed E-state index contributed by atoms with van der Waals surface area (Å²) in [6, 6.07) is 57.2. The lowest BCUT2D eigenvalue weighted by Gasteiger charge is -2.28. The first-order valence-electron chi connectivity index (χ1n) is 16.1. The highest BCUT2D eigenvalue weighted by Crippen LogP contribution is 2.53. The molecule has 0 bridgehead atoms. The van der Waals surface area contributed by atoms with Crippen LogP contribution in [0.5, 0.6) is 0 Å². The predicted molar refractivity (Wildman–Crippen MR) is 199 cm³/mol. The van der Waals surface area contributed by atoms with E-state index in [1.54, 1.807) is 0 Å². The minimum Gasteiger partial charge on any atom is -0.456 e. The number of nitrogens with zero attached hydrogens (tertiary/aromatic N) is 1. The summed E-state index contributed by atoms with van der Waals surface area (Å²) in [6.45, 7) is 2.35. The van der Waals surface area contributed by atoms with E-state index in [9.17, 15) is 0 Å². The predicted octanol–water partition coefficient (Wildman–Crippen LogP) is 12.8. The molecule has 2 aromatic heterocycles. The van der Waals surface area contributed by atoms with E-state index < -0.39 is 0 Å². The summed E-state index contributed by atoms with van der Waals surface area (Å²) in [5.41, 5.74) is 11.4. The van der Waals surface area contributed by atoms with E-state index in [1.807, 2.05) is 11.3 Å². The first-order valence-corrected chi connectivity index (χ1v) is 16.9. The van der Waals surface area contributed by atoms with E-state index in [2.05, 4.69) is 170 Å². The average molecular weight is 620 g/mol. The number of fused-ring (bicyclic) bond motifs is 9. The van der Waals surface area contributed by atoms with Gasteiger partial charge in [-0.25, -0.2) is 0 Å². The van der Waals surface area contributed by atoms with Crippen molar-refractivity contribution in [2.24, 2.45) is 0 Å². The lowest BCUT2D eigenvalue weighted by atomic mass is 9.74. The van der Waals surface area contributed by atoms with Crippen LogP contribution in [-0.2, 0) is 5.41 Å². The van der Waals surface area contributed by atoms with Gasteiger partial charge in [0.1, 0.15) is 11.2 Å². The van der Waals surface area contributed by atoms with Crippen LogP contribution in [0.1, 0.15) is 23.6 Å². The summed E-state index contributed by atoms with van der Waals surface area (Å²) in [6.07, 6.45) is 0. The van der Waals surface area contributed by atoms with E-state index in [-0.39, 0.29) is 5.41 Å². The van der Waals surface area contributed by atoms with Crippen LogP contribution in [0.4, 0.5) is 17.1 Å². The Kier molecular flexibility index (Phi) is 5.61. The van der Waals surface area contributed by atoms with E-state index in [1.165, 1.54) is 48.0 Å². The number of furan rings is 1. The molecule has 47 heavy (non-hydrogen) atoms. The number of para-hydroxylation sites is 1. The highest BCUT2D eigenvalue weighted by atomic mass is 32.1. The van der Waals surface area contributed by atoms with Gasteiger partial charge in [0.25, 0.3) is 0 Å². The Morgan fingerprint density at radius 3 is 1.81 bits per heavy atom. The topological polar surface area (TPSA) is 16.4 Å². The van der Waals surface area contributed by atoms with Gasteiger partial charge in [-0.1, -0.05) is 103 Å². The average Bonchev–Trinajstić information content (AvgIpc) is 3.77. The molecule has 0 amide bonds. The molecule has 0 unspecified atom stereocenters. The maximum Gasteiger partial charge on any atom is 0.137 e. The molecule has 2 heterocycles. The van der Waals surface area contributed by atoms with Gasteiger partial charge in [-0.15, -0.1) is 11.3 Å². The second kappa shape index (κ2) is 9.93. The van der Waals surface area contributed by atoms with Crippen LogP contribution in [0.3, 0.4) is 0 Å². The van der Waals surface area contributed by atoms with Crippen molar-refractivity contribution in [3.63, 3.8) is 0 Å². The largest absolute Gasteiger partial charge is 0.456 e. The van der Waals surface area contributed by atoms with Gasteiger partial charge in [0.15, 0.2) is 0 Å². The van der Waals surface area contributed by atoms with Gasteiger partial charge in [0.05, 0.1) is 0 Å². The lowest BCUT2D eigenvalue weighted by Crippen LogP contribution is -2.22. The van der Waals surface area contributed by atoms with Crippen molar-refractivity contribution in [3.05, 3.63) is 174 Å². The van der Waals surface area contributed by atoms with Crippen LogP contribution in [-0.4, -0.2) is 0 Å². The van der Waals surface area contributed by atoms with Crippen LogP contribution >= 0.6 is 11.3 Å². The summed E-state index contributed by atoms with van der Waals surface area (Å²) >= 11 is 1.85. The number of hydrogen-bond donors (Lipinski definition) is 0. The third-order valence-corrected chi connectivity index (χ3v) is 11.3. The first-order chi connectivity index (χ1) is 23.2. The van der Waals surface area contributed by atoms with Crippen LogP contribution in [0, 0.1) is 0 Å². The molecule has 1 aliphatic rings. The van der Waals surface area contributed by atoms with E-state index in [4.69, 9.17) is 4.42 Å². The molecule has 222 valence electrons. The second-order valence-electron chi connectivity index (χ2n) is 12.7. The van der Waals surface area contributed by atoms with Crippen molar-refractivity contribution < 1.29 is 4.42 Å². The summed E-state index contributed by atoms with van der Waals surface area (Å²) in [5.74, 6) is 0. The zero-order chi connectivity index (χ0) is 31.1. The highest BCUT2D eigenvalue weighted by Gasteiger charge is 2.40. The molecule has 9 aromatic rings. The van der Waals surface area contributed by atoms with Gasteiger partial charge >= 0.3 is 0 Å². The molecule has 3 heteroatoms. The van der Waals surface area contributed by atoms with Crippen LogP contribution in [0.2, 0.25) is 0 Å². The third kappa shape index (κ3) is 3.84. The standard InChI is InChI=1S/C44H29NOS/c1-44(38-16-8-5-13-32(38)33-14-6-9-17-39(33)44)28-19-22-34-35-23-20-30(26-41(35)46-40(34)25-28)45(29-11-3-2-4-12-29)31-21-24-37-36-15-7-10-18-42(36)47-43(37)27-31/h2-27H,1H3. The SMILES string of the molecule is CC1(c2ccc3c(c2)oc2cc(N(c4ccccc4)c4ccc5c(c4)sc4ccccc45)ccc23)c2ccccc2-c2ccccc21. The van der Waals surface area contributed by atoms with Crippen molar-refractivity contribution in [1.82, 2.24) is 0 Å². The molecular formula is C44H29NOS. The Bertz CT molecular complexity index is 2620. The molecule has 1 aliphatic carbocycles. The Labute approximate surface area is 276 Å². The van der Waals surface area contributed by atoms with Crippen LogP contribution < -0.4 is 4.90 Å². The second-order valence-corrected chi connectivity index (χ2v) is 13.7. The molecule has 0 saturated heterocycles. The fourth-order valence-corrected chi connectivity index (χ4v) is 9.00. The number of rotatable bonds is 4. The molecule has 2 nitrogen and oxygen atoms in total. The summed E-state index contributed by atoms with van der Waals surface area (Å²) < 4.78 is 9.32. The quantitative estimate of drug-likeness (QED) is 0.195. The molecule has 7 aromatic carbocycles. The van der Waals surface area contributed by atoms with Gasteiger partial charge in [-0.2, -0.15) is 0 Å². The zero-order valence-corrected chi connectivity index (χ0v) is 26.6. The molecule has 0 atom stereocenters. The monoisotopic (exact) mass is 619 g/mol. The Morgan fingerprint density at radius 1 is 0.468 bits per heavy atom. The summed E-state index contributed by atoms with van der Waals surface area (Å²) in [4.78, 5) is 2.33. The summed E-state index contributed by atoms with van der Waals surface area (Å²) in [7, 11) is 0. The van der Waals surface area contributed by atoms with Gasteiger partial charge < -0.3 is 9.32 Å². The maximum atomic E-state index is 6.72. The van der Waals surface area contributed by atoms with Gasteiger partial charge in [0, 0.05) is 59.5 Å². The van der Waals surface area contributed by atoms with E-state index >= 15 is 0 Å². The fourth-order valence-electron chi connectivity index (χ4n) is 7.86. The van der Waals surface area contributed by atoms with E-state index in [0.717, 1.165) is 39.0 Å². The Hall–Kier alpha value is -5.64.